The van der Waals surface area contributed by atoms with Crippen LogP contribution >= 0.6 is 12.2 Å². The van der Waals surface area contributed by atoms with Gasteiger partial charge in [0.15, 0.2) is 0 Å². The highest BCUT2D eigenvalue weighted by Gasteiger charge is 2.37. The highest BCUT2D eigenvalue weighted by molar-refractivity contribution is 7.71. The Morgan fingerprint density at radius 2 is 2.22 bits per heavy atom. The third-order valence-corrected chi connectivity index (χ3v) is 4.05. The maximum Gasteiger partial charge on any atom is 0.248 e. The predicted octanol–water partition coefficient (Wildman–Crippen LogP) is 4.30. The minimum Gasteiger partial charge on any atom is -0.347 e. The Labute approximate surface area is 111 Å². The maximum absolute atomic E-state index is 13.4. The molecule has 0 saturated heterocycles. The van der Waals surface area contributed by atoms with E-state index in [1.807, 2.05) is 13.8 Å². The van der Waals surface area contributed by atoms with E-state index in [0.29, 0.717) is 16.9 Å². The van der Waals surface area contributed by atoms with Gasteiger partial charge in [-0.25, -0.2) is 13.8 Å². The number of rotatable bonds is 2. The quantitative estimate of drug-likeness (QED) is 0.813. The molecule has 1 fully saturated rings. The molecule has 1 aromatic rings. The van der Waals surface area contributed by atoms with E-state index in [4.69, 9.17) is 12.2 Å². The zero-order chi connectivity index (χ0) is 13.3. The van der Waals surface area contributed by atoms with Gasteiger partial charge in [-0.3, -0.25) is 0 Å². The Morgan fingerprint density at radius 3 is 2.83 bits per heavy atom. The van der Waals surface area contributed by atoms with E-state index in [0.717, 1.165) is 24.1 Å². The van der Waals surface area contributed by atoms with Gasteiger partial charge in [-0.1, -0.05) is 19.1 Å². The molecular formula is C13H18F2N2S. The number of aromatic amines is 1. The molecule has 1 aliphatic rings. The van der Waals surface area contributed by atoms with Crippen LogP contribution in [0.4, 0.5) is 8.78 Å². The Morgan fingerprint density at radius 1 is 1.50 bits per heavy atom. The number of hydrogen-bond donors (Lipinski definition) is 1. The number of alkyl halides is 2. The molecule has 0 aromatic carbocycles. The van der Waals surface area contributed by atoms with Crippen molar-refractivity contribution in [2.45, 2.75) is 57.8 Å². The summed E-state index contributed by atoms with van der Waals surface area (Å²) < 4.78 is 27.4. The van der Waals surface area contributed by atoms with Crippen molar-refractivity contribution in [2.24, 2.45) is 0 Å². The van der Waals surface area contributed by atoms with Crippen LogP contribution in [0, 0.1) is 11.6 Å². The van der Waals surface area contributed by atoms with Crippen LogP contribution < -0.4 is 0 Å². The van der Waals surface area contributed by atoms with Gasteiger partial charge >= 0.3 is 0 Å². The van der Waals surface area contributed by atoms with Crippen LogP contribution in [0.25, 0.3) is 0 Å². The number of H-pyrrole nitrogens is 1. The lowest BCUT2D eigenvalue weighted by Gasteiger charge is -2.28. The summed E-state index contributed by atoms with van der Waals surface area (Å²) in [5.41, 5.74) is 1.97. The fourth-order valence-electron chi connectivity index (χ4n) is 2.55. The molecule has 2 nitrogen and oxygen atoms in total. The molecule has 1 atom stereocenters. The first kappa shape index (κ1) is 13.6. The Kier molecular flexibility index (Phi) is 3.80. The highest BCUT2D eigenvalue weighted by Crippen LogP contribution is 2.40. The summed E-state index contributed by atoms with van der Waals surface area (Å²) in [4.78, 5) is 7.50. The molecule has 1 aliphatic carbocycles. The number of hydrogen-bond acceptors (Lipinski definition) is 2. The number of aromatic nitrogens is 2. The third-order valence-electron chi connectivity index (χ3n) is 3.65. The molecule has 1 saturated carbocycles. The first-order valence-electron chi connectivity index (χ1n) is 6.40. The number of nitrogens with one attached hydrogen (secondary N) is 1. The van der Waals surface area contributed by atoms with Crippen LogP contribution in [0.2, 0.25) is 0 Å². The molecule has 5 heteroatoms. The molecule has 1 aromatic heterocycles. The molecular weight excluding hydrogens is 254 g/mol. The van der Waals surface area contributed by atoms with Crippen molar-refractivity contribution in [2.75, 3.05) is 0 Å². The largest absolute Gasteiger partial charge is 0.347 e. The zero-order valence-electron chi connectivity index (χ0n) is 10.7. The van der Waals surface area contributed by atoms with Gasteiger partial charge in [0.1, 0.15) is 10.5 Å². The number of nitrogens with zero attached hydrogens (tertiary/aromatic N) is 1. The van der Waals surface area contributed by atoms with Gasteiger partial charge in [-0.15, -0.1) is 0 Å². The predicted molar refractivity (Wildman–Crippen MR) is 69.7 cm³/mol. The van der Waals surface area contributed by atoms with Crippen molar-refractivity contribution in [1.29, 1.82) is 0 Å². The fraction of sp³-hybridized carbons (Fsp3) is 0.692. The summed E-state index contributed by atoms with van der Waals surface area (Å²) in [6.45, 7) is 3.94. The van der Waals surface area contributed by atoms with Crippen molar-refractivity contribution in [1.82, 2.24) is 9.97 Å². The van der Waals surface area contributed by atoms with Gasteiger partial charge < -0.3 is 4.98 Å². The van der Waals surface area contributed by atoms with E-state index >= 15 is 0 Å². The number of halogens is 2. The average molecular weight is 272 g/mol. The average Bonchev–Trinajstić information content (AvgIpc) is 2.31. The van der Waals surface area contributed by atoms with E-state index in [1.54, 1.807) is 0 Å². The smallest absolute Gasteiger partial charge is 0.248 e. The third kappa shape index (κ3) is 2.76. The molecule has 0 spiro atoms. The molecule has 18 heavy (non-hydrogen) atoms. The summed E-state index contributed by atoms with van der Waals surface area (Å²) in [6.07, 6.45) is 2.01. The molecule has 100 valence electrons. The lowest BCUT2D eigenvalue weighted by Crippen LogP contribution is -2.26. The van der Waals surface area contributed by atoms with Crippen LogP contribution in [0.1, 0.15) is 55.6 Å². The molecule has 1 N–H and O–H groups in total. The van der Waals surface area contributed by atoms with Crippen molar-refractivity contribution in [3.8, 4) is 0 Å². The minimum absolute atomic E-state index is 0.00325. The summed E-state index contributed by atoms with van der Waals surface area (Å²) in [7, 11) is 0. The monoisotopic (exact) mass is 272 g/mol. The van der Waals surface area contributed by atoms with Gasteiger partial charge in [0, 0.05) is 30.0 Å². The summed E-state index contributed by atoms with van der Waals surface area (Å²) in [6, 6.07) is 0. The van der Waals surface area contributed by atoms with Gasteiger partial charge in [0.05, 0.1) is 0 Å². The molecule has 0 bridgehead atoms. The van der Waals surface area contributed by atoms with E-state index in [2.05, 4.69) is 9.97 Å². The van der Waals surface area contributed by atoms with Crippen LogP contribution in [0.3, 0.4) is 0 Å². The lowest BCUT2D eigenvalue weighted by atomic mass is 9.86. The summed E-state index contributed by atoms with van der Waals surface area (Å²) >= 11 is 5.20. The second-order valence-electron chi connectivity index (χ2n) is 5.03. The van der Waals surface area contributed by atoms with Gasteiger partial charge in [0.25, 0.3) is 0 Å². The first-order chi connectivity index (χ1) is 8.43. The van der Waals surface area contributed by atoms with Gasteiger partial charge in [-0.05, 0) is 26.2 Å². The van der Waals surface area contributed by atoms with Crippen molar-refractivity contribution < 1.29 is 8.78 Å². The van der Waals surface area contributed by atoms with Crippen LogP contribution in [0.15, 0.2) is 0 Å². The summed E-state index contributed by atoms with van der Waals surface area (Å²) in [5.74, 6) is -2.11. The standard InChI is InChI=1S/C13H18F2N2S/c1-3-10-8(2)12(18)17-11(16-10)9-5-4-6-13(14,15)7-9/h9H,3-7H2,1-2H3,(H,16,17,18). The molecule has 1 unspecified atom stereocenters. The van der Waals surface area contributed by atoms with Crippen LogP contribution in [0.5, 0.6) is 0 Å². The van der Waals surface area contributed by atoms with Crippen molar-refractivity contribution >= 4 is 12.2 Å². The zero-order valence-corrected chi connectivity index (χ0v) is 11.5. The lowest BCUT2D eigenvalue weighted by molar-refractivity contribution is -0.0417. The maximum atomic E-state index is 13.4. The van der Waals surface area contributed by atoms with Crippen molar-refractivity contribution in [3.63, 3.8) is 0 Å². The van der Waals surface area contributed by atoms with E-state index in [9.17, 15) is 8.78 Å². The molecule has 2 rings (SSSR count). The first-order valence-corrected chi connectivity index (χ1v) is 6.81. The highest BCUT2D eigenvalue weighted by atomic mass is 32.1. The van der Waals surface area contributed by atoms with Gasteiger partial charge in [0.2, 0.25) is 5.92 Å². The topological polar surface area (TPSA) is 28.7 Å². The van der Waals surface area contributed by atoms with Crippen molar-refractivity contribution in [3.05, 3.63) is 21.7 Å². The minimum atomic E-state index is -2.56. The second kappa shape index (κ2) is 5.03. The SMILES string of the molecule is CCc1[nH]c(C2CCCC(F)(F)C2)nc(=S)c1C. The Balaban J connectivity index is 2.34. The molecule has 0 aliphatic heterocycles. The Bertz CT molecular complexity index is 496. The number of aryl methyl sites for hydroxylation is 1. The molecule has 1 heterocycles. The van der Waals surface area contributed by atoms with Crippen LogP contribution in [-0.4, -0.2) is 15.9 Å². The van der Waals surface area contributed by atoms with E-state index in [1.165, 1.54) is 0 Å². The molecule has 0 radical (unpaired) electrons. The van der Waals surface area contributed by atoms with E-state index in [-0.39, 0.29) is 18.8 Å². The second-order valence-corrected chi connectivity index (χ2v) is 5.42. The normalized spacial score (nSPS) is 23.0. The molecule has 0 amide bonds. The van der Waals surface area contributed by atoms with Crippen LogP contribution in [-0.2, 0) is 6.42 Å². The van der Waals surface area contributed by atoms with Gasteiger partial charge in [-0.2, -0.15) is 0 Å². The van der Waals surface area contributed by atoms with E-state index < -0.39 is 5.92 Å². The Hall–Kier alpha value is -0.840. The summed E-state index contributed by atoms with van der Waals surface area (Å²) in [5, 5.41) is 0. The fourth-order valence-corrected chi connectivity index (χ4v) is 2.77.